The fraction of sp³-hybridized carbons (Fsp3) is 0.585. The summed E-state index contributed by atoms with van der Waals surface area (Å²) in [6, 6.07) is 15.4. The van der Waals surface area contributed by atoms with Crippen LogP contribution in [-0.2, 0) is 19.1 Å². The van der Waals surface area contributed by atoms with Crippen molar-refractivity contribution in [3.63, 3.8) is 0 Å². The summed E-state index contributed by atoms with van der Waals surface area (Å²) in [4.78, 5) is 44.8. The molecule has 6 rings (SSSR count). The van der Waals surface area contributed by atoms with Crippen LogP contribution >= 0.6 is 0 Å². The number of fused-ring (bicyclic) bond motifs is 5. The molecule has 11 nitrogen and oxygen atoms in total. The van der Waals surface area contributed by atoms with Gasteiger partial charge in [-0.3, -0.25) is 9.59 Å². The Kier molecular flexibility index (Phi) is 26.8. The third-order valence-corrected chi connectivity index (χ3v) is 10.1. The van der Waals surface area contributed by atoms with Gasteiger partial charge in [-0.2, -0.15) is 0 Å². The molecule has 358 valence electrons. The smallest absolute Gasteiger partial charge is 0.305 e. The number of hydrogen-bond donors (Lipinski definition) is 2. The highest BCUT2D eigenvalue weighted by Crippen LogP contribution is 2.45. The predicted octanol–water partition coefficient (Wildman–Crippen LogP) is 13.7. The second-order valence-corrected chi connectivity index (χ2v) is 16.7. The molecule has 1 amide bonds. The van der Waals surface area contributed by atoms with E-state index < -0.39 is 0 Å². The zero-order valence-corrected chi connectivity index (χ0v) is 42.9. The molecular formula is C53H86N6O5. The average molecular weight is 887 g/mol. The summed E-state index contributed by atoms with van der Waals surface area (Å²) < 4.78 is 13.2. The minimum absolute atomic E-state index is 0.0931. The fourth-order valence-corrected chi connectivity index (χ4v) is 6.75. The first-order valence-corrected chi connectivity index (χ1v) is 24.2. The molecule has 4 aromatic rings. The number of carbonyl (C=O) groups excluding carboxylic acids is 3. The first kappa shape index (κ1) is 57.0. The number of hydrogen-bond acceptors (Lipinski definition) is 8. The van der Waals surface area contributed by atoms with Gasteiger partial charge in [-0.05, 0) is 61.6 Å². The van der Waals surface area contributed by atoms with Gasteiger partial charge in [-0.1, -0.05) is 128 Å². The summed E-state index contributed by atoms with van der Waals surface area (Å²) in [5.41, 5.74) is 7.65. The molecule has 0 saturated carbocycles. The van der Waals surface area contributed by atoms with Gasteiger partial charge in [0.25, 0.3) is 0 Å². The van der Waals surface area contributed by atoms with Crippen molar-refractivity contribution >= 4 is 34.3 Å². The molecule has 4 heterocycles. The number of ether oxygens (including phenoxy) is 2. The van der Waals surface area contributed by atoms with Gasteiger partial charge in [0.05, 0.1) is 35.9 Å². The number of ketones is 1. The van der Waals surface area contributed by atoms with Crippen molar-refractivity contribution in [2.75, 3.05) is 20.7 Å². The van der Waals surface area contributed by atoms with Crippen LogP contribution in [-0.4, -0.2) is 69.0 Å². The van der Waals surface area contributed by atoms with Crippen LogP contribution in [0, 0.1) is 5.92 Å². The third-order valence-electron chi connectivity index (χ3n) is 10.1. The zero-order chi connectivity index (χ0) is 48.5. The summed E-state index contributed by atoms with van der Waals surface area (Å²) in [6.45, 7) is 31.3. The van der Waals surface area contributed by atoms with Crippen molar-refractivity contribution in [2.24, 2.45) is 5.92 Å². The average Bonchev–Trinajstić information content (AvgIpc) is 4.05. The van der Waals surface area contributed by atoms with Gasteiger partial charge in [0.15, 0.2) is 12.5 Å². The Morgan fingerprint density at radius 2 is 1.50 bits per heavy atom. The summed E-state index contributed by atoms with van der Waals surface area (Å²) in [5, 5.41) is 4.78. The van der Waals surface area contributed by atoms with Crippen LogP contribution in [0.2, 0.25) is 0 Å². The van der Waals surface area contributed by atoms with E-state index in [-0.39, 0.29) is 30.2 Å². The van der Waals surface area contributed by atoms with E-state index in [0.29, 0.717) is 25.2 Å². The number of carbonyl (C=O) groups is 3. The molecular weight excluding hydrogens is 801 g/mol. The Morgan fingerprint density at radius 3 is 2.02 bits per heavy atom. The van der Waals surface area contributed by atoms with Crippen LogP contribution in [0.3, 0.4) is 0 Å². The van der Waals surface area contributed by atoms with Gasteiger partial charge in [0.2, 0.25) is 5.91 Å². The van der Waals surface area contributed by atoms with Crippen molar-refractivity contribution in [3.8, 4) is 28.3 Å². The first-order valence-electron chi connectivity index (χ1n) is 24.2. The first-order chi connectivity index (χ1) is 30.6. The fourth-order valence-electron chi connectivity index (χ4n) is 6.75. The number of Topliss-reactive ketones (excluding diaryl/α,β-unsaturated/α-hetero) is 1. The molecule has 0 saturated heterocycles. The summed E-state index contributed by atoms with van der Waals surface area (Å²) >= 11 is 0. The Bertz CT molecular complexity index is 2000. The Morgan fingerprint density at radius 1 is 0.875 bits per heavy atom. The van der Waals surface area contributed by atoms with E-state index in [1.807, 2.05) is 45.8 Å². The van der Waals surface area contributed by atoms with E-state index in [0.717, 1.165) is 76.9 Å². The summed E-state index contributed by atoms with van der Waals surface area (Å²) in [7, 11) is 3.41. The van der Waals surface area contributed by atoms with Crippen LogP contribution in [0.5, 0.6) is 5.75 Å². The summed E-state index contributed by atoms with van der Waals surface area (Å²) in [6.07, 6.45) is 12.0. The van der Waals surface area contributed by atoms with E-state index in [1.54, 1.807) is 13.8 Å². The van der Waals surface area contributed by atoms with E-state index in [9.17, 15) is 14.4 Å². The monoisotopic (exact) mass is 887 g/mol. The van der Waals surface area contributed by atoms with Crippen molar-refractivity contribution in [3.05, 3.63) is 66.2 Å². The predicted molar refractivity (Wildman–Crippen MR) is 269 cm³/mol. The number of imidazole rings is 1. The maximum Gasteiger partial charge on any atom is 0.305 e. The largest absolute Gasteiger partial charge is 0.469 e. The van der Waals surface area contributed by atoms with Gasteiger partial charge in [-0.15, -0.1) is 0 Å². The lowest BCUT2D eigenvalue weighted by atomic mass is 10.0. The molecule has 2 aromatic heterocycles. The molecule has 3 unspecified atom stereocenters. The van der Waals surface area contributed by atoms with Crippen LogP contribution in [0.25, 0.3) is 39.1 Å². The molecule has 0 bridgehead atoms. The topological polar surface area (TPSA) is 122 Å². The molecule has 2 aliphatic heterocycles. The molecule has 2 aromatic carbocycles. The van der Waals surface area contributed by atoms with Gasteiger partial charge < -0.3 is 38.9 Å². The quantitative estimate of drug-likeness (QED) is 0.127. The highest BCUT2D eigenvalue weighted by atomic mass is 16.5. The molecule has 3 atom stereocenters. The number of unbranched alkanes of at least 4 members (excludes halogenated alkanes) is 1. The van der Waals surface area contributed by atoms with Gasteiger partial charge >= 0.3 is 5.97 Å². The normalized spacial score (nSPS) is 14.6. The molecule has 2 N–H and O–H groups in total. The number of rotatable bonds is 13. The Labute approximate surface area is 387 Å². The standard InChI is InChI=1S/C36H46N6O2.C4H8O2.C4H8O.C4H10.C3H8.C2H6/c1-7-11-12-23(5)35-37-21-28(38-35)25-13-15-27-31-19-26-18-24(14-16-30(26)42(31)34(10-4)44-32(27)20-25)29-22-40(6)36(39-29)41(17-8-2)33(43)9-3;1-3-4(5)6-2;1-3-4(2)5;1-4(2)3;1-3-2;1-2/h13-16,18-23,34,36,39H,7-12,17H2,1-6H3,(H,37,38);3H2,1-2H3;3H2,1-2H3;4H,1-3H3;3H2,1-2H3;1-2H3. The van der Waals surface area contributed by atoms with Crippen molar-refractivity contribution in [1.29, 1.82) is 0 Å². The summed E-state index contributed by atoms with van der Waals surface area (Å²) in [5.74, 6) is 3.46. The molecule has 11 heteroatoms. The second-order valence-electron chi connectivity index (χ2n) is 16.7. The maximum atomic E-state index is 12.7. The van der Waals surface area contributed by atoms with Crippen molar-refractivity contribution in [2.45, 2.75) is 180 Å². The van der Waals surface area contributed by atoms with E-state index in [2.05, 4.69) is 135 Å². The highest BCUT2D eigenvalue weighted by molar-refractivity contribution is 5.92. The molecule has 2 aliphatic rings. The van der Waals surface area contributed by atoms with Crippen LogP contribution in [0.4, 0.5) is 0 Å². The van der Waals surface area contributed by atoms with Crippen LogP contribution < -0.4 is 10.1 Å². The number of aromatic nitrogens is 3. The number of nitrogens with one attached hydrogen (secondary N) is 2. The van der Waals surface area contributed by atoms with Crippen LogP contribution in [0.1, 0.15) is 185 Å². The van der Waals surface area contributed by atoms with E-state index in [4.69, 9.17) is 9.72 Å². The van der Waals surface area contributed by atoms with Gasteiger partial charge in [0.1, 0.15) is 17.4 Å². The van der Waals surface area contributed by atoms with E-state index >= 15 is 0 Å². The molecule has 0 radical (unpaired) electrons. The lowest BCUT2D eigenvalue weighted by molar-refractivity contribution is -0.140. The minimum Gasteiger partial charge on any atom is -0.469 e. The SMILES string of the molecule is CC.CC(C)C.CCC.CCC(=O)OC.CCC(C)=O.CCCCC(C)c1ncc(-c2ccc3c(c2)OC(CC)n2c-3cc3cc(C4=CN(C)C(N(CCC)C(=O)CC)N4)ccc32)[nH]1. The lowest BCUT2D eigenvalue weighted by Gasteiger charge is -2.33. The lowest BCUT2D eigenvalue weighted by Crippen LogP contribution is -2.52. The number of methoxy groups -OCH3 is 1. The minimum atomic E-state index is -0.181. The van der Waals surface area contributed by atoms with Crippen molar-refractivity contribution in [1.82, 2.24) is 29.7 Å². The maximum absolute atomic E-state index is 12.7. The van der Waals surface area contributed by atoms with E-state index in [1.165, 1.54) is 37.5 Å². The molecule has 0 fully saturated rings. The number of H-pyrrole nitrogens is 1. The number of esters is 1. The Balaban J connectivity index is 0.000000865. The van der Waals surface area contributed by atoms with Gasteiger partial charge in [0, 0.05) is 67.9 Å². The molecule has 0 aliphatic carbocycles. The molecule has 0 spiro atoms. The molecule has 64 heavy (non-hydrogen) atoms. The Hall–Kier alpha value is -5.06. The number of benzene rings is 2. The zero-order valence-electron chi connectivity index (χ0n) is 42.9. The van der Waals surface area contributed by atoms with Crippen LogP contribution in [0.15, 0.2) is 54.9 Å². The third kappa shape index (κ3) is 16.8. The van der Waals surface area contributed by atoms with Gasteiger partial charge in [-0.25, -0.2) is 4.98 Å². The number of amides is 1. The highest BCUT2D eigenvalue weighted by Gasteiger charge is 2.31. The number of nitrogens with zero attached hydrogens (tertiary/aromatic N) is 4. The second kappa shape index (κ2) is 30.1. The van der Waals surface area contributed by atoms with Crippen molar-refractivity contribution < 1.29 is 23.9 Å². The number of aromatic amines is 1.